The van der Waals surface area contributed by atoms with Gasteiger partial charge in [0.2, 0.25) is 100 Å². The first kappa shape index (κ1) is 125. The Labute approximate surface area is 811 Å². The summed E-state index contributed by atoms with van der Waals surface area (Å²) in [5.74, 6) is -14.2. The van der Waals surface area contributed by atoms with Gasteiger partial charge in [0, 0.05) is 18.3 Å². The molecule has 0 aliphatic rings. The Hall–Kier alpha value is -10.1. The van der Waals surface area contributed by atoms with E-state index in [2.05, 4.69) is 95.0 Å². The molecule has 43 nitrogen and oxygen atoms in total. The number of nitrogens with two attached hydrogens (primary N) is 8. The average molecular weight is 1940 g/mol. The maximum absolute atomic E-state index is 15.0. The van der Waals surface area contributed by atoms with Gasteiger partial charge in [0.05, 0.1) is 25.5 Å². The lowest BCUT2D eigenvalue weighted by atomic mass is 9.98. The Morgan fingerprint density at radius 3 is 0.642 bits per heavy atom. The van der Waals surface area contributed by atoms with Crippen molar-refractivity contribution in [3.63, 3.8) is 0 Å². The minimum Gasteiger partial charge on any atom is -0.368 e. The van der Waals surface area contributed by atoms with Crippen molar-refractivity contribution in [3.8, 4) is 0 Å². The van der Waals surface area contributed by atoms with Crippen molar-refractivity contribution in [1.29, 1.82) is 0 Å². The third kappa shape index (κ3) is 54.2. The van der Waals surface area contributed by atoms with E-state index in [4.69, 9.17) is 45.9 Å². The van der Waals surface area contributed by atoms with Crippen LogP contribution in [0.15, 0.2) is 12.5 Å². The zero-order valence-electron chi connectivity index (χ0n) is 84.7. The standard InChI is InChI=1S/C94H176N26O17/c1-54(2)41-70(80(102)123)113-84(127)66(31-19-25-37-97)110-89(132)72(43-56(5)6)119-93(136)76(47-60(13)14)116-85(128)67(32-20-26-38-98)108-83(126)65(30-18-24-36-96)109-88(131)71(42-55(3)4)115-86(129)68(33-21-27-39-99)111-91(134)74(45-58(9)10)120-94(137)77(48-61(15)16)117-87(130)69(34-22-28-40-100)112-90(133)73(44-57(7)8)118-92(135)75(46-59(11)12)114-82(125)64(29-17-23-35-95)107-79(122)52-104-78(121)51-105-81(124)63(101)49-62-50-103-53-106-62/h50,53-61,63-77H,17-49,51-52,95-101H2,1-16H3,(H2,102,123)(H,103,106)(H,104,121)(H,105,124)(H,107,122)(H,108,126)(H,109,131)(H,110,132)(H,111,134)(H,112,133)(H,113,127)(H,114,125)(H,115,129)(H,116,128)(H,117,130)(H,118,135)(H,119,136)(H,120,137)/t63-,64-,65-,66-,67-,68-,69-,70-,71-,72-,73-,74-,75-,76-,77-/m0/s1. The van der Waals surface area contributed by atoms with Gasteiger partial charge >= 0.3 is 0 Å². The summed E-state index contributed by atoms with van der Waals surface area (Å²) in [5.41, 5.74) is 47.6. The van der Waals surface area contributed by atoms with E-state index >= 15 is 0 Å². The van der Waals surface area contributed by atoms with Crippen LogP contribution in [0.3, 0.4) is 0 Å². The monoisotopic (exact) mass is 1940 g/mol. The maximum Gasteiger partial charge on any atom is 0.243 e. The van der Waals surface area contributed by atoms with Crippen molar-refractivity contribution in [1.82, 2.24) is 95.0 Å². The van der Waals surface area contributed by atoms with Crippen molar-refractivity contribution in [2.24, 2.45) is 93.2 Å². The summed E-state index contributed by atoms with van der Waals surface area (Å²) in [6, 6.07) is -18.7. The summed E-state index contributed by atoms with van der Waals surface area (Å²) in [5, 5.41) is 43.9. The Bertz CT molecular complexity index is 3820. The number of imidazole rings is 1. The molecule has 0 saturated heterocycles. The number of H-pyrrole nitrogens is 1. The highest BCUT2D eigenvalue weighted by molar-refractivity contribution is 6.01. The molecule has 1 aromatic rings. The van der Waals surface area contributed by atoms with Crippen molar-refractivity contribution in [3.05, 3.63) is 18.2 Å². The average Bonchev–Trinajstić information content (AvgIpc) is 1.28. The first-order valence-electron chi connectivity index (χ1n) is 49.7. The van der Waals surface area contributed by atoms with E-state index in [0.29, 0.717) is 89.3 Å². The third-order valence-electron chi connectivity index (χ3n) is 22.4. The number of carbonyl (C=O) groups excluding carboxylic acids is 17. The molecule has 137 heavy (non-hydrogen) atoms. The second-order valence-corrected chi connectivity index (χ2v) is 39.4. The van der Waals surface area contributed by atoms with Gasteiger partial charge in [0.1, 0.15) is 84.6 Å². The number of primary amides is 1. The van der Waals surface area contributed by atoms with Crippen molar-refractivity contribution in [2.75, 3.05) is 52.4 Å². The zero-order chi connectivity index (χ0) is 104. The van der Waals surface area contributed by atoms with E-state index in [1.165, 1.54) is 12.5 Å². The Morgan fingerprint density at radius 1 is 0.255 bits per heavy atom. The van der Waals surface area contributed by atoms with Crippen LogP contribution >= 0.6 is 0 Å². The predicted octanol–water partition coefficient (Wildman–Crippen LogP) is -1.07. The lowest BCUT2D eigenvalue weighted by molar-refractivity contribution is -0.137. The minimum atomic E-state index is -1.34. The molecule has 0 bridgehead atoms. The highest BCUT2D eigenvalue weighted by atomic mass is 16.2. The van der Waals surface area contributed by atoms with Gasteiger partial charge in [-0.3, -0.25) is 81.5 Å². The molecule has 0 saturated carbocycles. The molecular weight excluding hydrogens is 1770 g/mol. The van der Waals surface area contributed by atoms with E-state index in [0.717, 1.165) is 0 Å². The van der Waals surface area contributed by atoms with Gasteiger partial charge < -0.3 is 136 Å². The summed E-state index contributed by atoms with van der Waals surface area (Å²) in [6.45, 7) is 29.6. The molecule has 33 N–H and O–H groups in total. The summed E-state index contributed by atoms with van der Waals surface area (Å²) in [4.78, 5) is 249. The number of aromatic amines is 1. The number of unbranched alkanes of at least 4 members (excludes halogenated alkanes) is 6. The lowest BCUT2D eigenvalue weighted by Gasteiger charge is -2.30. The molecule has 17 amide bonds. The van der Waals surface area contributed by atoms with Crippen LogP contribution in [0.1, 0.15) is 283 Å². The van der Waals surface area contributed by atoms with E-state index < -0.39 is 204 Å². The third-order valence-corrected chi connectivity index (χ3v) is 22.4. The summed E-state index contributed by atoms with van der Waals surface area (Å²) in [7, 11) is 0. The first-order chi connectivity index (χ1) is 64.6. The molecule has 1 heterocycles. The molecule has 0 aliphatic heterocycles. The second kappa shape index (κ2) is 69.7. The highest BCUT2D eigenvalue weighted by Gasteiger charge is 2.40. The molecule has 0 aromatic carbocycles. The molecule has 0 fully saturated rings. The molecule has 1 aromatic heterocycles. The fraction of sp³-hybridized carbons (Fsp3) is 0.787. The van der Waals surface area contributed by atoms with E-state index in [1.54, 1.807) is 0 Å². The molecule has 0 radical (unpaired) electrons. The minimum absolute atomic E-state index is 0.00956. The van der Waals surface area contributed by atoms with Gasteiger partial charge in [-0.25, -0.2) is 4.98 Å². The maximum atomic E-state index is 15.0. The van der Waals surface area contributed by atoms with Gasteiger partial charge in [-0.2, -0.15) is 0 Å². The number of hydrogen-bond donors (Lipinski definition) is 25. The Balaban J connectivity index is 3.74. The van der Waals surface area contributed by atoms with Crippen LogP contribution in [0.2, 0.25) is 0 Å². The fourth-order valence-corrected chi connectivity index (χ4v) is 15.3. The van der Waals surface area contributed by atoms with Crippen LogP contribution in [0.5, 0.6) is 0 Å². The topological polar surface area (TPSA) is 720 Å². The number of rotatable bonds is 75. The second-order valence-electron chi connectivity index (χ2n) is 39.4. The van der Waals surface area contributed by atoms with Crippen LogP contribution in [-0.2, 0) is 87.9 Å². The normalized spacial score (nSPS) is 14.9. The van der Waals surface area contributed by atoms with Crippen LogP contribution in [0.4, 0.5) is 0 Å². The largest absolute Gasteiger partial charge is 0.368 e. The van der Waals surface area contributed by atoms with E-state index in [-0.39, 0.29) is 176 Å². The van der Waals surface area contributed by atoms with Gasteiger partial charge in [-0.15, -0.1) is 0 Å². The van der Waals surface area contributed by atoms with E-state index in [1.807, 2.05) is 111 Å². The quantitative estimate of drug-likeness (QED) is 0.0345. The van der Waals surface area contributed by atoms with Gasteiger partial charge in [0.25, 0.3) is 0 Å². The number of nitrogens with zero attached hydrogens (tertiary/aromatic N) is 1. The molecular formula is C94H176N26O17. The lowest BCUT2D eigenvalue weighted by Crippen LogP contribution is -2.61. The zero-order valence-corrected chi connectivity index (χ0v) is 84.7. The summed E-state index contributed by atoms with van der Waals surface area (Å²) < 4.78 is 0. The molecule has 0 spiro atoms. The fourth-order valence-electron chi connectivity index (χ4n) is 15.3. The molecule has 43 heteroatoms. The van der Waals surface area contributed by atoms with Crippen LogP contribution in [0.25, 0.3) is 0 Å². The van der Waals surface area contributed by atoms with Gasteiger partial charge in [0.15, 0.2) is 0 Å². The van der Waals surface area contributed by atoms with Crippen molar-refractivity contribution >= 4 is 100 Å². The number of carbonyl (C=O) groups is 17. The number of hydrogen-bond acceptors (Lipinski definition) is 25. The van der Waals surface area contributed by atoms with Crippen molar-refractivity contribution in [2.45, 2.75) is 375 Å². The van der Waals surface area contributed by atoms with Gasteiger partial charge in [-0.1, -0.05) is 111 Å². The molecule has 1 rings (SSSR count). The van der Waals surface area contributed by atoms with Crippen molar-refractivity contribution < 1.29 is 81.5 Å². The smallest absolute Gasteiger partial charge is 0.243 e. The molecule has 0 aliphatic carbocycles. The molecule has 15 atom stereocenters. The first-order valence-corrected chi connectivity index (χ1v) is 49.7. The number of nitrogens with one attached hydrogen (secondary N) is 17. The Morgan fingerprint density at radius 2 is 0.445 bits per heavy atom. The van der Waals surface area contributed by atoms with Crippen LogP contribution in [-0.4, -0.2) is 253 Å². The molecule has 784 valence electrons. The van der Waals surface area contributed by atoms with Crippen LogP contribution in [0, 0.1) is 47.3 Å². The number of aromatic nitrogens is 2. The summed E-state index contributed by atoms with van der Waals surface area (Å²) in [6.07, 6.45) is 8.85. The van der Waals surface area contributed by atoms with Gasteiger partial charge in [-0.05, 0) is 254 Å². The Kier molecular flexibility index (Phi) is 63.5. The van der Waals surface area contributed by atoms with Crippen LogP contribution < -0.4 is 131 Å². The highest BCUT2D eigenvalue weighted by Crippen LogP contribution is 2.20. The predicted molar refractivity (Wildman–Crippen MR) is 526 cm³/mol. The van der Waals surface area contributed by atoms with E-state index in [9.17, 15) is 81.5 Å². The molecule has 0 unspecified atom stereocenters. The number of amides is 17. The SMILES string of the molecule is CC(C)C[C@H](NC(=O)[C@H](CCCCN)NC(=O)[C@H](CC(C)C)NC(=O)[C@H](CC(C)C)NC(=O)[C@H](CCCCN)NC(=O)[C@H](CCCCN)NC(=O)[C@H](CC(C)C)NC(=O)[C@H](CCCCN)NC(=O)[C@H](CC(C)C)NC(=O)[C@H](CC(C)C)NC(=O)[C@H](CCCCN)NC(=O)[C@H](CC(C)C)NC(=O)[C@H](CC(C)C)NC(=O)[C@H](CCCCN)NC(=O)CNC(=O)CNC(=O)[C@@H](N)Cc1cnc[nH]1)C(N)=O. The summed E-state index contributed by atoms with van der Waals surface area (Å²) >= 11 is 0.